The summed E-state index contributed by atoms with van der Waals surface area (Å²) in [6.07, 6.45) is 1.41. The van der Waals surface area contributed by atoms with Crippen molar-refractivity contribution in [1.29, 1.82) is 0 Å². The molecule has 0 unspecified atom stereocenters. The quantitative estimate of drug-likeness (QED) is 0.567. The van der Waals surface area contributed by atoms with Gasteiger partial charge in [0.2, 0.25) is 0 Å². The van der Waals surface area contributed by atoms with Crippen LogP contribution in [-0.4, -0.2) is 16.0 Å². The van der Waals surface area contributed by atoms with Crippen LogP contribution < -0.4 is 16.4 Å². The Morgan fingerprint density at radius 3 is 2.82 bits per heavy atom. The Kier molecular flexibility index (Phi) is 5.69. The number of nitrogens with one attached hydrogen (secondary N) is 2. The first kappa shape index (κ1) is 19.1. The van der Waals surface area contributed by atoms with E-state index in [4.69, 9.17) is 10.3 Å². The van der Waals surface area contributed by atoms with Gasteiger partial charge in [0.05, 0.1) is 17.9 Å². The van der Waals surface area contributed by atoms with Gasteiger partial charge in [-0.3, -0.25) is 9.78 Å². The molecule has 28 heavy (non-hydrogen) atoms. The molecular weight excluding hydrogens is 361 g/mol. The molecule has 144 valence electrons. The van der Waals surface area contributed by atoms with E-state index in [1.165, 1.54) is 18.3 Å². The minimum atomic E-state index is -0.464. The number of aryl methyl sites for hydroxylation is 2. The first-order valence-corrected chi connectivity index (χ1v) is 8.58. The number of nitrogens with zero attached hydrogens (tertiary/aromatic N) is 2. The molecule has 0 aliphatic carbocycles. The average molecular weight is 381 g/mol. The summed E-state index contributed by atoms with van der Waals surface area (Å²) in [4.78, 5) is 16.5. The Bertz CT molecular complexity index is 1030. The Balaban J connectivity index is 1.57. The van der Waals surface area contributed by atoms with Crippen LogP contribution >= 0.6 is 0 Å². The van der Waals surface area contributed by atoms with Crippen LogP contribution in [0.4, 0.5) is 10.1 Å². The van der Waals surface area contributed by atoms with Crippen molar-refractivity contribution in [3.05, 3.63) is 77.3 Å². The van der Waals surface area contributed by atoms with Gasteiger partial charge in [-0.25, -0.2) is 4.39 Å². The van der Waals surface area contributed by atoms with E-state index in [1.807, 2.05) is 26.0 Å². The molecule has 2 heterocycles. The minimum Gasteiger partial charge on any atom is -0.393 e. The van der Waals surface area contributed by atoms with E-state index in [1.54, 1.807) is 18.2 Å². The molecule has 1 aromatic carbocycles. The van der Waals surface area contributed by atoms with Gasteiger partial charge in [0.1, 0.15) is 17.2 Å². The zero-order valence-corrected chi connectivity index (χ0v) is 15.5. The first-order chi connectivity index (χ1) is 13.4. The molecule has 7 nitrogen and oxygen atoms in total. The van der Waals surface area contributed by atoms with Gasteiger partial charge in [0.15, 0.2) is 5.76 Å². The Hall–Kier alpha value is -3.68. The van der Waals surface area contributed by atoms with E-state index in [0.29, 0.717) is 17.0 Å². The lowest BCUT2D eigenvalue weighted by Crippen LogP contribution is -2.28. The molecule has 0 radical (unpaired) electrons. The number of benzene rings is 1. The molecule has 1 amide bonds. The number of hydrogen-bond acceptors (Lipinski definition) is 6. The monoisotopic (exact) mass is 381 g/mol. The van der Waals surface area contributed by atoms with E-state index in [2.05, 4.69) is 20.8 Å². The third kappa shape index (κ3) is 4.73. The maximum absolute atomic E-state index is 13.3. The number of aromatic nitrogens is 2. The molecule has 0 aliphatic heterocycles. The van der Waals surface area contributed by atoms with Crippen molar-refractivity contribution in [3.8, 4) is 11.3 Å². The molecule has 4 N–H and O–H groups in total. The number of amides is 1. The van der Waals surface area contributed by atoms with Crippen molar-refractivity contribution in [3.63, 3.8) is 0 Å². The van der Waals surface area contributed by atoms with Crippen molar-refractivity contribution in [1.82, 2.24) is 15.5 Å². The predicted molar refractivity (Wildman–Crippen MR) is 103 cm³/mol. The highest BCUT2D eigenvalue weighted by Gasteiger charge is 2.10. The van der Waals surface area contributed by atoms with Crippen LogP contribution in [0.1, 0.15) is 17.1 Å². The van der Waals surface area contributed by atoms with Gasteiger partial charge in [-0.05, 0) is 38.1 Å². The minimum absolute atomic E-state index is 0.00449. The third-order valence-electron chi connectivity index (χ3n) is 3.97. The largest absolute Gasteiger partial charge is 0.393 e. The van der Waals surface area contributed by atoms with Gasteiger partial charge in [-0.2, -0.15) is 0 Å². The van der Waals surface area contributed by atoms with E-state index in [-0.39, 0.29) is 18.1 Å². The molecule has 0 saturated heterocycles. The van der Waals surface area contributed by atoms with Crippen LogP contribution in [0, 0.1) is 19.7 Å². The van der Waals surface area contributed by atoms with Crippen LogP contribution in [0.5, 0.6) is 0 Å². The van der Waals surface area contributed by atoms with Crippen molar-refractivity contribution in [2.75, 3.05) is 5.32 Å². The van der Waals surface area contributed by atoms with Crippen LogP contribution in [0.2, 0.25) is 0 Å². The van der Waals surface area contributed by atoms with Gasteiger partial charge < -0.3 is 20.9 Å². The lowest BCUT2D eigenvalue weighted by molar-refractivity contribution is -0.117. The first-order valence-electron chi connectivity index (χ1n) is 8.58. The number of carbonyl (C=O) groups is 1. The number of pyridine rings is 1. The number of rotatable bonds is 6. The second-order valence-corrected chi connectivity index (χ2v) is 6.20. The summed E-state index contributed by atoms with van der Waals surface area (Å²) in [6, 6.07) is 11.4. The second-order valence-electron chi connectivity index (χ2n) is 6.20. The highest BCUT2D eigenvalue weighted by atomic mass is 19.1. The molecule has 0 fully saturated rings. The summed E-state index contributed by atoms with van der Waals surface area (Å²) in [5.41, 5.74) is 9.34. The molecule has 0 bridgehead atoms. The Morgan fingerprint density at radius 2 is 2.07 bits per heavy atom. The molecular formula is C20H20FN5O2. The topological polar surface area (TPSA) is 106 Å². The third-order valence-corrected chi connectivity index (χ3v) is 3.97. The van der Waals surface area contributed by atoms with E-state index >= 15 is 0 Å². The molecule has 0 spiro atoms. The van der Waals surface area contributed by atoms with Crippen LogP contribution in [-0.2, 0) is 11.3 Å². The van der Waals surface area contributed by atoms with Crippen molar-refractivity contribution in [2.45, 2.75) is 20.4 Å². The lowest BCUT2D eigenvalue weighted by atomic mass is 10.1. The fraction of sp³-hybridized carbons (Fsp3) is 0.150. The maximum Gasteiger partial charge on any atom is 0.269 e. The molecule has 0 aliphatic rings. The van der Waals surface area contributed by atoms with Crippen molar-refractivity contribution in [2.24, 2.45) is 5.73 Å². The SMILES string of the molecule is Cc1ccc(N/C=C(\N)C(=O)NCc2cc(-c3cccc(F)c3)no2)c(C)n1. The fourth-order valence-corrected chi connectivity index (χ4v) is 2.51. The Morgan fingerprint density at radius 1 is 1.25 bits per heavy atom. The second kappa shape index (κ2) is 8.34. The summed E-state index contributed by atoms with van der Waals surface area (Å²) in [5.74, 6) is -0.402. The summed E-state index contributed by atoms with van der Waals surface area (Å²) in [7, 11) is 0. The summed E-state index contributed by atoms with van der Waals surface area (Å²) in [6.45, 7) is 3.86. The van der Waals surface area contributed by atoms with Gasteiger partial charge in [-0.15, -0.1) is 0 Å². The zero-order valence-electron chi connectivity index (χ0n) is 15.5. The summed E-state index contributed by atoms with van der Waals surface area (Å²) >= 11 is 0. The summed E-state index contributed by atoms with van der Waals surface area (Å²) < 4.78 is 18.5. The predicted octanol–water partition coefficient (Wildman–Crippen LogP) is 3.02. The standard InChI is InChI=1S/C20H20FN5O2/c1-12-6-7-18(13(2)25-12)23-11-17(22)20(27)24-10-16-9-19(26-28-16)14-4-3-5-15(21)8-14/h3-9,11,23H,10,22H2,1-2H3,(H,24,27)/b17-11-. The van der Waals surface area contributed by atoms with Gasteiger partial charge in [-0.1, -0.05) is 17.3 Å². The van der Waals surface area contributed by atoms with Gasteiger partial charge in [0.25, 0.3) is 5.91 Å². The fourth-order valence-electron chi connectivity index (χ4n) is 2.51. The highest BCUT2D eigenvalue weighted by Crippen LogP contribution is 2.20. The van der Waals surface area contributed by atoms with E-state index < -0.39 is 5.91 Å². The summed E-state index contributed by atoms with van der Waals surface area (Å²) in [5, 5.41) is 9.49. The molecule has 8 heteroatoms. The lowest BCUT2D eigenvalue weighted by Gasteiger charge is -2.07. The average Bonchev–Trinajstić information content (AvgIpc) is 3.14. The number of anilines is 1. The molecule has 3 rings (SSSR count). The molecule has 0 saturated carbocycles. The number of hydrogen-bond donors (Lipinski definition) is 3. The Labute approximate surface area is 161 Å². The maximum atomic E-state index is 13.3. The van der Waals surface area contributed by atoms with E-state index in [9.17, 15) is 9.18 Å². The number of carbonyl (C=O) groups excluding carboxylic acids is 1. The molecule has 3 aromatic rings. The van der Waals surface area contributed by atoms with Crippen LogP contribution in [0.3, 0.4) is 0 Å². The normalized spacial score (nSPS) is 11.3. The zero-order chi connectivity index (χ0) is 20.1. The van der Waals surface area contributed by atoms with Crippen LogP contribution in [0.15, 0.2) is 58.9 Å². The molecule has 0 atom stereocenters. The van der Waals surface area contributed by atoms with E-state index in [0.717, 1.165) is 17.1 Å². The van der Waals surface area contributed by atoms with Crippen molar-refractivity contribution >= 4 is 11.6 Å². The highest BCUT2D eigenvalue weighted by molar-refractivity contribution is 5.92. The van der Waals surface area contributed by atoms with Crippen molar-refractivity contribution < 1.29 is 13.7 Å². The van der Waals surface area contributed by atoms with Crippen LogP contribution in [0.25, 0.3) is 11.3 Å². The molecule has 2 aromatic heterocycles. The van der Waals surface area contributed by atoms with Gasteiger partial charge >= 0.3 is 0 Å². The van der Waals surface area contributed by atoms with Gasteiger partial charge in [0, 0.05) is 23.5 Å². The smallest absolute Gasteiger partial charge is 0.269 e. The number of nitrogens with two attached hydrogens (primary N) is 1. The number of halogens is 1.